The first-order chi connectivity index (χ1) is 8.56. The Bertz CT molecular complexity index is 575. The van der Waals surface area contributed by atoms with Crippen LogP contribution in [0.25, 0.3) is 0 Å². The van der Waals surface area contributed by atoms with Crippen molar-refractivity contribution in [1.29, 1.82) is 0 Å². The largest absolute Gasteiger partial charge is 0.487 e. The van der Waals surface area contributed by atoms with Crippen molar-refractivity contribution in [2.75, 3.05) is 0 Å². The Morgan fingerprint density at radius 3 is 2.56 bits per heavy atom. The number of halogens is 4. The smallest absolute Gasteiger partial charge is 0.139 e. The zero-order valence-corrected chi connectivity index (χ0v) is 12.2. The number of hydrogen-bond acceptors (Lipinski definition) is 1. The summed E-state index contributed by atoms with van der Waals surface area (Å²) in [5, 5.41) is 0.845. The fourth-order valence-electron chi connectivity index (χ4n) is 1.38. The molecule has 0 saturated heterocycles. The molecule has 0 aliphatic carbocycles. The summed E-state index contributed by atoms with van der Waals surface area (Å²) in [7, 11) is 0. The normalized spacial score (nSPS) is 10.4. The van der Waals surface area contributed by atoms with Crippen LogP contribution in [0.3, 0.4) is 0 Å². The van der Waals surface area contributed by atoms with Crippen LogP contribution in [0.15, 0.2) is 40.9 Å². The minimum atomic E-state index is -0.371. The molecule has 0 heterocycles. The maximum absolute atomic E-state index is 12.9. The molecule has 2 aromatic carbocycles. The lowest BCUT2D eigenvalue weighted by Crippen LogP contribution is -1.97. The van der Waals surface area contributed by atoms with Crippen molar-refractivity contribution >= 4 is 39.1 Å². The Morgan fingerprint density at radius 1 is 1.06 bits per heavy atom. The van der Waals surface area contributed by atoms with Gasteiger partial charge in [-0.3, -0.25) is 0 Å². The van der Waals surface area contributed by atoms with Crippen LogP contribution in [0.4, 0.5) is 4.39 Å². The second kappa shape index (κ2) is 5.91. The summed E-state index contributed by atoms with van der Waals surface area (Å²) in [6.07, 6.45) is 0. The zero-order valence-electron chi connectivity index (χ0n) is 9.09. The van der Waals surface area contributed by atoms with E-state index < -0.39 is 0 Å². The molecule has 0 spiro atoms. The zero-order chi connectivity index (χ0) is 13.1. The van der Waals surface area contributed by atoms with E-state index in [2.05, 4.69) is 15.9 Å². The molecule has 0 aliphatic heterocycles. The van der Waals surface area contributed by atoms with Gasteiger partial charge in [-0.2, -0.15) is 0 Å². The fourth-order valence-corrected chi connectivity index (χ4v) is 2.12. The Hall–Kier alpha value is -0.770. The Morgan fingerprint density at radius 2 is 1.83 bits per heavy atom. The third kappa shape index (κ3) is 3.37. The minimum absolute atomic E-state index is 0.231. The number of ether oxygens (including phenoxy) is 1. The molecule has 0 unspecified atom stereocenters. The summed E-state index contributed by atoms with van der Waals surface area (Å²) < 4.78 is 19.3. The number of rotatable bonds is 3. The van der Waals surface area contributed by atoms with E-state index in [1.165, 1.54) is 12.1 Å². The summed E-state index contributed by atoms with van der Waals surface area (Å²) in [6, 6.07) is 9.49. The predicted molar refractivity (Wildman–Crippen MR) is 74.9 cm³/mol. The maximum atomic E-state index is 12.9. The van der Waals surface area contributed by atoms with Crippen molar-refractivity contribution in [3.8, 4) is 5.75 Å². The van der Waals surface area contributed by atoms with Crippen molar-refractivity contribution in [2.24, 2.45) is 0 Å². The lowest BCUT2D eigenvalue weighted by molar-refractivity contribution is 0.306. The Kier molecular flexibility index (Phi) is 4.49. The van der Waals surface area contributed by atoms with Crippen LogP contribution in [0.2, 0.25) is 10.0 Å². The van der Waals surface area contributed by atoms with Crippen molar-refractivity contribution in [2.45, 2.75) is 6.61 Å². The summed E-state index contributed by atoms with van der Waals surface area (Å²) >= 11 is 15.2. The van der Waals surface area contributed by atoms with Crippen molar-refractivity contribution in [3.63, 3.8) is 0 Å². The topological polar surface area (TPSA) is 9.23 Å². The first kappa shape index (κ1) is 13.7. The van der Waals surface area contributed by atoms with Crippen LogP contribution in [0.1, 0.15) is 5.56 Å². The molecule has 5 heteroatoms. The molecule has 2 aromatic rings. The second-order valence-corrected chi connectivity index (χ2v) is 5.33. The molecule has 0 saturated carbocycles. The van der Waals surface area contributed by atoms with E-state index in [9.17, 15) is 4.39 Å². The van der Waals surface area contributed by atoms with Crippen LogP contribution < -0.4 is 4.74 Å². The molecule has 2 rings (SSSR count). The minimum Gasteiger partial charge on any atom is -0.487 e. The van der Waals surface area contributed by atoms with E-state index in [4.69, 9.17) is 27.9 Å². The third-order valence-corrected chi connectivity index (χ3v) is 3.45. The van der Waals surface area contributed by atoms with E-state index in [1.54, 1.807) is 18.2 Å². The molecular weight excluding hydrogens is 342 g/mol. The van der Waals surface area contributed by atoms with E-state index >= 15 is 0 Å². The number of hydrogen-bond donors (Lipinski definition) is 0. The number of benzene rings is 2. The van der Waals surface area contributed by atoms with Gasteiger partial charge in [0.2, 0.25) is 0 Å². The van der Waals surface area contributed by atoms with Gasteiger partial charge in [-0.1, -0.05) is 45.2 Å². The molecular formula is C13H8BrCl2FO. The van der Waals surface area contributed by atoms with Crippen LogP contribution in [-0.2, 0) is 6.61 Å². The van der Waals surface area contributed by atoms with Gasteiger partial charge >= 0.3 is 0 Å². The van der Waals surface area contributed by atoms with Gasteiger partial charge in [-0.05, 0) is 30.3 Å². The lowest BCUT2D eigenvalue weighted by atomic mass is 10.2. The summed E-state index contributed by atoms with van der Waals surface area (Å²) in [5.74, 6) is 0.177. The van der Waals surface area contributed by atoms with E-state index in [1.807, 2.05) is 6.07 Å². The Labute approximate surface area is 123 Å². The highest BCUT2D eigenvalue weighted by Gasteiger charge is 2.06. The second-order valence-electron chi connectivity index (χ2n) is 3.60. The lowest BCUT2D eigenvalue weighted by Gasteiger charge is -2.09. The average molecular weight is 350 g/mol. The Balaban J connectivity index is 2.13. The molecule has 18 heavy (non-hydrogen) atoms. The van der Waals surface area contributed by atoms with Gasteiger partial charge in [-0.15, -0.1) is 0 Å². The van der Waals surface area contributed by atoms with Gasteiger partial charge in [0, 0.05) is 10.0 Å². The molecule has 0 bridgehead atoms. The van der Waals surface area contributed by atoms with Gasteiger partial charge in [-0.25, -0.2) is 4.39 Å². The predicted octanol–water partition coefficient (Wildman–Crippen LogP) is 5.47. The quantitative estimate of drug-likeness (QED) is 0.713. The van der Waals surface area contributed by atoms with Crippen LogP contribution in [0.5, 0.6) is 5.75 Å². The van der Waals surface area contributed by atoms with Crippen LogP contribution in [0, 0.1) is 5.82 Å². The van der Waals surface area contributed by atoms with Gasteiger partial charge < -0.3 is 4.74 Å². The van der Waals surface area contributed by atoms with Crippen molar-refractivity contribution in [3.05, 3.63) is 62.3 Å². The first-order valence-corrected chi connectivity index (χ1v) is 6.63. The summed E-state index contributed by atoms with van der Waals surface area (Å²) in [4.78, 5) is 0. The van der Waals surface area contributed by atoms with E-state index in [-0.39, 0.29) is 12.4 Å². The molecule has 0 N–H and O–H groups in total. The first-order valence-electron chi connectivity index (χ1n) is 5.08. The van der Waals surface area contributed by atoms with Gasteiger partial charge in [0.1, 0.15) is 18.2 Å². The molecule has 0 fully saturated rings. The standard InChI is InChI=1S/C13H8BrCl2FO/c14-9-2-4-11(15)13(5-9)18-7-8-1-3-10(17)6-12(8)16/h1-6H,7H2. The molecule has 0 radical (unpaired) electrons. The monoisotopic (exact) mass is 348 g/mol. The fraction of sp³-hybridized carbons (Fsp3) is 0.0769. The SMILES string of the molecule is Fc1ccc(COc2cc(Br)ccc2Cl)c(Cl)c1. The van der Waals surface area contributed by atoms with E-state index in [0.29, 0.717) is 21.4 Å². The molecule has 1 nitrogen and oxygen atoms in total. The molecule has 94 valence electrons. The van der Waals surface area contributed by atoms with Crippen LogP contribution in [-0.4, -0.2) is 0 Å². The van der Waals surface area contributed by atoms with Crippen molar-refractivity contribution in [1.82, 2.24) is 0 Å². The third-order valence-electron chi connectivity index (χ3n) is 2.29. The van der Waals surface area contributed by atoms with Crippen molar-refractivity contribution < 1.29 is 9.13 Å². The average Bonchev–Trinajstić information content (AvgIpc) is 2.32. The van der Waals surface area contributed by atoms with Gasteiger partial charge in [0.05, 0.1) is 10.0 Å². The summed E-state index contributed by atoms with van der Waals surface area (Å²) in [5.41, 5.74) is 0.703. The molecule has 0 atom stereocenters. The molecule has 0 amide bonds. The highest BCUT2D eigenvalue weighted by Crippen LogP contribution is 2.29. The highest BCUT2D eigenvalue weighted by atomic mass is 79.9. The molecule has 0 aliphatic rings. The van der Waals surface area contributed by atoms with Gasteiger partial charge in [0.15, 0.2) is 0 Å². The summed E-state index contributed by atoms with van der Waals surface area (Å²) in [6.45, 7) is 0.231. The molecule has 0 aromatic heterocycles. The highest BCUT2D eigenvalue weighted by molar-refractivity contribution is 9.10. The maximum Gasteiger partial charge on any atom is 0.139 e. The van der Waals surface area contributed by atoms with Gasteiger partial charge in [0.25, 0.3) is 0 Å². The van der Waals surface area contributed by atoms with Crippen LogP contribution >= 0.6 is 39.1 Å². The van der Waals surface area contributed by atoms with E-state index in [0.717, 1.165) is 4.47 Å².